The van der Waals surface area contributed by atoms with Gasteiger partial charge in [-0.05, 0) is 36.8 Å². The van der Waals surface area contributed by atoms with Crippen LogP contribution < -0.4 is 5.32 Å². The summed E-state index contributed by atoms with van der Waals surface area (Å²) < 4.78 is 1.24. The van der Waals surface area contributed by atoms with E-state index >= 15 is 0 Å². The van der Waals surface area contributed by atoms with Crippen LogP contribution >= 0.6 is 22.9 Å². The van der Waals surface area contributed by atoms with Gasteiger partial charge in [0.2, 0.25) is 0 Å². The van der Waals surface area contributed by atoms with Gasteiger partial charge in [0.25, 0.3) is 0 Å². The van der Waals surface area contributed by atoms with Crippen molar-refractivity contribution in [2.75, 3.05) is 0 Å². The Balaban J connectivity index is 1.71. The third-order valence-electron chi connectivity index (χ3n) is 3.18. The maximum absolute atomic E-state index is 5.99. The molecule has 1 aromatic heterocycles. The number of nitrogens with one attached hydrogen (secondary N) is 1. The lowest BCUT2D eigenvalue weighted by Crippen LogP contribution is -2.17. The third-order valence-corrected chi connectivity index (χ3v) is 4.64. The normalized spacial score (nSPS) is 12.7. The van der Waals surface area contributed by atoms with Gasteiger partial charge in [-0.15, -0.1) is 11.3 Å². The van der Waals surface area contributed by atoms with Gasteiger partial charge >= 0.3 is 0 Å². The summed E-state index contributed by atoms with van der Waals surface area (Å²) in [5.41, 5.74) is 2.26. The van der Waals surface area contributed by atoms with Gasteiger partial charge in [-0.1, -0.05) is 35.9 Å². The molecule has 1 unspecified atom stereocenters. The average molecular weight is 303 g/mol. The lowest BCUT2D eigenvalue weighted by Gasteiger charge is -2.11. The molecule has 1 heterocycles. The van der Waals surface area contributed by atoms with Crippen LogP contribution in [0.15, 0.2) is 48.5 Å². The Hall–Kier alpha value is -1.42. The van der Waals surface area contributed by atoms with Crippen molar-refractivity contribution in [3.63, 3.8) is 0 Å². The van der Waals surface area contributed by atoms with Crippen molar-refractivity contribution in [1.29, 1.82) is 0 Å². The van der Waals surface area contributed by atoms with Gasteiger partial charge in [0.05, 0.1) is 16.3 Å². The second-order valence-electron chi connectivity index (χ2n) is 4.75. The minimum absolute atomic E-state index is 0.228. The smallest absolute Gasteiger partial charge is 0.111 e. The second-order valence-corrected chi connectivity index (χ2v) is 6.25. The van der Waals surface area contributed by atoms with Gasteiger partial charge in [0.15, 0.2) is 0 Å². The monoisotopic (exact) mass is 302 g/mol. The molecule has 3 rings (SSSR count). The van der Waals surface area contributed by atoms with Crippen LogP contribution in [0.25, 0.3) is 10.2 Å². The van der Waals surface area contributed by atoms with Crippen molar-refractivity contribution in [2.24, 2.45) is 0 Å². The number of fused-ring (bicyclic) bond motifs is 1. The van der Waals surface area contributed by atoms with Crippen LogP contribution in [0.1, 0.15) is 23.5 Å². The van der Waals surface area contributed by atoms with Crippen LogP contribution in [-0.2, 0) is 6.54 Å². The topological polar surface area (TPSA) is 24.9 Å². The summed E-state index contributed by atoms with van der Waals surface area (Å²) in [5, 5.41) is 5.39. The van der Waals surface area contributed by atoms with Crippen molar-refractivity contribution in [3.05, 3.63) is 64.1 Å². The molecule has 0 aliphatic carbocycles. The van der Waals surface area contributed by atoms with E-state index in [2.05, 4.69) is 35.4 Å². The van der Waals surface area contributed by atoms with E-state index in [4.69, 9.17) is 11.6 Å². The summed E-state index contributed by atoms with van der Waals surface area (Å²) in [6.45, 7) is 2.93. The van der Waals surface area contributed by atoms with Crippen LogP contribution in [0.3, 0.4) is 0 Å². The SMILES string of the molecule is CC(NCc1cccc(Cl)c1)c1nc2ccccc2s1. The summed E-state index contributed by atoms with van der Waals surface area (Å²) in [6.07, 6.45) is 0. The van der Waals surface area contributed by atoms with Crippen molar-refractivity contribution in [3.8, 4) is 0 Å². The Bertz CT molecular complexity index is 690. The fourth-order valence-corrected chi connectivity index (χ4v) is 3.29. The van der Waals surface area contributed by atoms with E-state index in [9.17, 15) is 0 Å². The summed E-state index contributed by atoms with van der Waals surface area (Å²) in [7, 11) is 0. The van der Waals surface area contributed by atoms with E-state index in [1.54, 1.807) is 11.3 Å². The molecule has 2 aromatic carbocycles. The molecule has 1 N–H and O–H groups in total. The number of hydrogen-bond donors (Lipinski definition) is 1. The molecule has 2 nitrogen and oxygen atoms in total. The number of hydrogen-bond acceptors (Lipinski definition) is 3. The molecule has 0 saturated carbocycles. The predicted molar refractivity (Wildman–Crippen MR) is 86.3 cm³/mol. The Morgan fingerprint density at radius 3 is 2.85 bits per heavy atom. The second kappa shape index (κ2) is 5.92. The standard InChI is InChI=1S/C16H15ClN2S/c1-11(18-10-12-5-4-6-13(17)9-12)16-19-14-7-2-3-8-15(14)20-16/h2-9,11,18H,10H2,1H3. The Kier molecular flexibility index (Phi) is 4.01. The Morgan fingerprint density at radius 1 is 1.20 bits per heavy atom. The molecule has 0 spiro atoms. The maximum atomic E-state index is 5.99. The molecule has 0 bridgehead atoms. The highest BCUT2D eigenvalue weighted by molar-refractivity contribution is 7.18. The van der Waals surface area contributed by atoms with E-state index in [1.807, 2.05) is 30.3 Å². The maximum Gasteiger partial charge on any atom is 0.111 e. The molecule has 102 valence electrons. The van der Waals surface area contributed by atoms with Crippen LogP contribution in [0.5, 0.6) is 0 Å². The molecule has 20 heavy (non-hydrogen) atoms. The van der Waals surface area contributed by atoms with Gasteiger partial charge in [-0.25, -0.2) is 4.98 Å². The van der Waals surface area contributed by atoms with E-state index in [1.165, 1.54) is 10.3 Å². The molecule has 1 atom stereocenters. The Morgan fingerprint density at radius 2 is 2.05 bits per heavy atom. The highest BCUT2D eigenvalue weighted by Crippen LogP contribution is 2.26. The first kappa shape index (κ1) is 13.6. The molecule has 0 fully saturated rings. The summed E-state index contributed by atoms with van der Waals surface area (Å²) in [4.78, 5) is 4.67. The lowest BCUT2D eigenvalue weighted by molar-refractivity contribution is 0.573. The van der Waals surface area contributed by atoms with Crippen molar-refractivity contribution in [1.82, 2.24) is 10.3 Å². The van der Waals surface area contributed by atoms with Crippen molar-refractivity contribution < 1.29 is 0 Å². The average Bonchev–Trinajstić information content (AvgIpc) is 2.89. The molecule has 0 radical (unpaired) electrons. The molecule has 0 amide bonds. The molecular formula is C16H15ClN2S. The first-order chi connectivity index (χ1) is 9.72. The van der Waals surface area contributed by atoms with Gasteiger partial charge in [-0.3, -0.25) is 0 Å². The number of halogens is 1. The quantitative estimate of drug-likeness (QED) is 0.749. The number of benzene rings is 2. The first-order valence-electron chi connectivity index (χ1n) is 6.55. The number of thiazole rings is 1. The van der Waals surface area contributed by atoms with E-state index < -0.39 is 0 Å². The zero-order valence-corrected chi connectivity index (χ0v) is 12.7. The number of para-hydroxylation sites is 1. The Labute approximate surface area is 127 Å². The number of rotatable bonds is 4. The van der Waals surface area contributed by atoms with Gasteiger partial charge in [0.1, 0.15) is 5.01 Å². The molecule has 3 aromatic rings. The summed E-state index contributed by atoms with van der Waals surface area (Å²) >= 11 is 7.74. The van der Waals surface area contributed by atoms with Crippen LogP contribution in [0, 0.1) is 0 Å². The van der Waals surface area contributed by atoms with Gasteiger partial charge in [0, 0.05) is 11.6 Å². The zero-order chi connectivity index (χ0) is 13.9. The molecule has 0 saturated heterocycles. The highest BCUT2D eigenvalue weighted by Gasteiger charge is 2.10. The van der Waals surface area contributed by atoms with Gasteiger partial charge in [-0.2, -0.15) is 0 Å². The van der Waals surface area contributed by atoms with E-state index in [-0.39, 0.29) is 6.04 Å². The van der Waals surface area contributed by atoms with Crippen molar-refractivity contribution >= 4 is 33.2 Å². The predicted octanol–water partition coefficient (Wildman–Crippen LogP) is 4.80. The molecule has 0 aliphatic heterocycles. The van der Waals surface area contributed by atoms with Crippen LogP contribution in [0.2, 0.25) is 5.02 Å². The minimum Gasteiger partial charge on any atom is -0.304 e. The van der Waals surface area contributed by atoms with E-state index in [0.29, 0.717) is 0 Å². The summed E-state index contributed by atoms with van der Waals surface area (Å²) in [6, 6.07) is 16.4. The third kappa shape index (κ3) is 3.01. The van der Waals surface area contributed by atoms with Gasteiger partial charge < -0.3 is 5.32 Å². The first-order valence-corrected chi connectivity index (χ1v) is 7.75. The largest absolute Gasteiger partial charge is 0.304 e. The fourth-order valence-electron chi connectivity index (χ4n) is 2.08. The number of aromatic nitrogens is 1. The van der Waals surface area contributed by atoms with Crippen LogP contribution in [0.4, 0.5) is 0 Å². The highest BCUT2D eigenvalue weighted by atomic mass is 35.5. The minimum atomic E-state index is 0.228. The zero-order valence-electron chi connectivity index (χ0n) is 11.1. The number of nitrogens with zero attached hydrogens (tertiary/aromatic N) is 1. The molecule has 0 aliphatic rings. The lowest BCUT2D eigenvalue weighted by atomic mass is 10.2. The summed E-state index contributed by atoms with van der Waals surface area (Å²) in [5.74, 6) is 0. The molecular weight excluding hydrogens is 288 g/mol. The molecule has 4 heteroatoms. The van der Waals surface area contributed by atoms with Crippen molar-refractivity contribution in [2.45, 2.75) is 19.5 Å². The fraction of sp³-hybridized carbons (Fsp3) is 0.188. The van der Waals surface area contributed by atoms with Crippen LogP contribution in [-0.4, -0.2) is 4.98 Å². The van der Waals surface area contributed by atoms with E-state index in [0.717, 1.165) is 22.1 Å².